The lowest BCUT2D eigenvalue weighted by Crippen LogP contribution is -2.39. The first-order valence-corrected chi connectivity index (χ1v) is 14.1. The van der Waals surface area contributed by atoms with E-state index in [2.05, 4.69) is 92.1 Å². The van der Waals surface area contributed by atoms with Gasteiger partial charge in [-0.2, -0.15) is 0 Å². The Labute approximate surface area is 176 Å². The number of rotatable bonds is 1. The van der Waals surface area contributed by atoms with Gasteiger partial charge in [-0.15, -0.1) is 0 Å². The number of pyridine rings is 3. The number of aryl methyl sites for hydroxylation is 3. The third kappa shape index (κ3) is 2.04. The SMILES string of the molecule is Cc1cc2c3cccnc3n3c4ccc([Si](C)(C)C)c5cc[n+](C)c(c(c1C)c23)c54. The Balaban J connectivity index is 2.08. The summed E-state index contributed by atoms with van der Waals surface area (Å²) >= 11 is 0. The van der Waals surface area contributed by atoms with Crippen molar-refractivity contribution in [1.82, 2.24) is 9.38 Å². The van der Waals surface area contributed by atoms with Gasteiger partial charge in [-0.3, -0.25) is 4.40 Å². The van der Waals surface area contributed by atoms with Gasteiger partial charge < -0.3 is 0 Å². The molecule has 0 aliphatic carbocycles. The molecule has 148 valence electrons. The summed E-state index contributed by atoms with van der Waals surface area (Å²) < 4.78 is 4.73. The summed E-state index contributed by atoms with van der Waals surface area (Å²) in [5, 5.41) is 8.18. The van der Waals surface area contributed by atoms with E-state index in [9.17, 15) is 0 Å². The van der Waals surface area contributed by atoms with Gasteiger partial charge in [0, 0.05) is 23.0 Å². The third-order valence-corrected chi connectivity index (χ3v) is 8.95. The van der Waals surface area contributed by atoms with Gasteiger partial charge in [0.2, 0.25) is 5.52 Å². The highest BCUT2D eigenvalue weighted by molar-refractivity contribution is 6.90. The molecule has 4 heterocycles. The van der Waals surface area contributed by atoms with Crippen molar-refractivity contribution < 1.29 is 4.57 Å². The van der Waals surface area contributed by atoms with Gasteiger partial charge in [0.15, 0.2) is 6.20 Å². The van der Waals surface area contributed by atoms with Crippen LogP contribution < -0.4 is 9.75 Å². The normalized spacial score (nSPS) is 13.0. The van der Waals surface area contributed by atoms with E-state index in [4.69, 9.17) is 4.98 Å². The van der Waals surface area contributed by atoms with E-state index in [-0.39, 0.29) is 0 Å². The van der Waals surface area contributed by atoms with Crippen molar-refractivity contribution in [2.75, 3.05) is 0 Å². The van der Waals surface area contributed by atoms with Crippen molar-refractivity contribution in [3.05, 3.63) is 59.9 Å². The second kappa shape index (κ2) is 5.58. The predicted molar refractivity (Wildman–Crippen MR) is 130 cm³/mol. The fraction of sp³-hybridized carbons (Fsp3) is 0.231. The van der Waals surface area contributed by atoms with Crippen LogP contribution in [0.25, 0.3) is 49.1 Å². The molecule has 0 aliphatic heterocycles. The zero-order valence-corrected chi connectivity index (χ0v) is 19.5. The summed E-state index contributed by atoms with van der Waals surface area (Å²) in [5.74, 6) is 0. The van der Waals surface area contributed by atoms with Crippen LogP contribution in [0.15, 0.2) is 48.8 Å². The van der Waals surface area contributed by atoms with Crippen molar-refractivity contribution in [2.24, 2.45) is 7.05 Å². The van der Waals surface area contributed by atoms with Gasteiger partial charge >= 0.3 is 0 Å². The van der Waals surface area contributed by atoms with Crippen LogP contribution in [0.5, 0.6) is 0 Å². The average Bonchev–Trinajstić information content (AvgIpc) is 3.03. The Bertz CT molecular complexity index is 1650. The highest BCUT2D eigenvalue weighted by Gasteiger charge is 2.28. The molecule has 0 unspecified atom stereocenters. The van der Waals surface area contributed by atoms with Crippen LogP contribution in [0.1, 0.15) is 11.1 Å². The minimum absolute atomic E-state index is 1.05. The predicted octanol–water partition coefficient (Wildman–Crippen LogP) is 5.37. The van der Waals surface area contributed by atoms with Gasteiger partial charge in [-0.25, -0.2) is 9.55 Å². The van der Waals surface area contributed by atoms with Crippen LogP contribution in [-0.2, 0) is 7.05 Å². The van der Waals surface area contributed by atoms with Gasteiger partial charge in [-0.05, 0) is 54.6 Å². The molecule has 0 fully saturated rings. The molecule has 0 atom stereocenters. The van der Waals surface area contributed by atoms with Crippen LogP contribution in [-0.4, -0.2) is 17.5 Å². The summed E-state index contributed by atoms with van der Waals surface area (Å²) in [6, 6.07) is 13.6. The number of hydrogen-bond acceptors (Lipinski definition) is 1. The summed E-state index contributed by atoms with van der Waals surface area (Å²) in [6.45, 7) is 11.8. The van der Waals surface area contributed by atoms with E-state index in [0.717, 1.165) is 5.65 Å². The third-order valence-electron chi connectivity index (χ3n) is 6.90. The summed E-state index contributed by atoms with van der Waals surface area (Å²) in [4.78, 5) is 4.84. The monoisotopic (exact) mass is 408 g/mol. The molecule has 0 saturated carbocycles. The van der Waals surface area contributed by atoms with Crippen LogP contribution >= 0.6 is 0 Å². The van der Waals surface area contributed by atoms with Crippen LogP contribution in [0.3, 0.4) is 0 Å². The number of benzene rings is 2. The number of fused-ring (bicyclic) bond motifs is 5. The molecule has 3 nitrogen and oxygen atoms in total. The van der Waals surface area contributed by atoms with E-state index < -0.39 is 8.07 Å². The molecule has 6 rings (SSSR count). The average molecular weight is 409 g/mol. The molecule has 30 heavy (non-hydrogen) atoms. The molecule has 0 aliphatic rings. The maximum atomic E-state index is 4.84. The molecule has 0 bridgehead atoms. The van der Waals surface area contributed by atoms with Crippen molar-refractivity contribution >= 4 is 62.4 Å². The highest BCUT2D eigenvalue weighted by atomic mass is 28.3. The second-order valence-corrected chi connectivity index (χ2v) is 14.8. The Morgan fingerprint density at radius 1 is 0.933 bits per heavy atom. The topological polar surface area (TPSA) is 21.2 Å². The second-order valence-electron chi connectivity index (χ2n) is 9.75. The first kappa shape index (κ1) is 17.8. The fourth-order valence-corrected chi connectivity index (χ4v) is 6.96. The number of hydrogen-bond donors (Lipinski definition) is 0. The molecule has 0 amide bonds. The quantitative estimate of drug-likeness (QED) is 0.155. The van der Waals surface area contributed by atoms with Gasteiger partial charge in [0.25, 0.3) is 0 Å². The largest absolute Gasteiger partial charge is 0.292 e. The molecular weight excluding hydrogens is 382 g/mol. The minimum atomic E-state index is -1.50. The molecule has 0 saturated heterocycles. The molecule has 0 radical (unpaired) electrons. The number of aromatic nitrogens is 3. The minimum Gasteiger partial charge on any atom is -0.292 e. The smallest absolute Gasteiger partial charge is 0.224 e. The molecule has 2 aromatic carbocycles. The van der Waals surface area contributed by atoms with Crippen LogP contribution in [0.4, 0.5) is 0 Å². The standard InChI is InChI=1S/C26H26N3Si/c1-15-14-19-17-8-7-12-27-26(17)29-20-9-10-21(30(4,5)6)18-11-13-28(3)25(23(18)20)22(16(15)2)24(19)29/h7-14H,1-6H3/q+1. The van der Waals surface area contributed by atoms with Gasteiger partial charge in [-0.1, -0.05) is 30.9 Å². The van der Waals surface area contributed by atoms with Gasteiger partial charge in [0.05, 0.1) is 29.9 Å². The van der Waals surface area contributed by atoms with E-state index >= 15 is 0 Å². The summed E-state index contributed by atoms with van der Waals surface area (Å²) in [5.41, 5.74) is 7.64. The zero-order chi connectivity index (χ0) is 20.9. The van der Waals surface area contributed by atoms with Crippen LogP contribution in [0, 0.1) is 13.8 Å². The van der Waals surface area contributed by atoms with Crippen molar-refractivity contribution in [2.45, 2.75) is 33.5 Å². The first-order chi connectivity index (χ1) is 14.3. The van der Waals surface area contributed by atoms with Crippen molar-refractivity contribution in [3.8, 4) is 0 Å². The Morgan fingerprint density at radius 3 is 2.50 bits per heavy atom. The lowest BCUT2D eigenvalue weighted by atomic mass is 9.96. The zero-order valence-electron chi connectivity index (χ0n) is 18.5. The lowest BCUT2D eigenvalue weighted by molar-refractivity contribution is -0.643. The Morgan fingerprint density at radius 2 is 1.73 bits per heavy atom. The Kier molecular flexibility index (Phi) is 3.32. The van der Waals surface area contributed by atoms with Crippen LogP contribution in [0.2, 0.25) is 19.6 Å². The molecule has 6 aromatic rings. The van der Waals surface area contributed by atoms with Crippen molar-refractivity contribution in [3.63, 3.8) is 0 Å². The van der Waals surface area contributed by atoms with E-state index in [1.165, 1.54) is 59.8 Å². The molecule has 4 aromatic heterocycles. The maximum absolute atomic E-state index is 4.84. The molecule has 0 N–H and O–H groups in total. The lowest BCUT2D eigenvalue weighted by Gasteiger charge is -2.21. The fourth-order valence-electron chi connectivity index (χ4n) is 5.36. The van der Waals surface area contributed by atoms with E-state index in [1.807, 2.05) is 6.20 Å². The van der Waals surface area contributed by atoms with E-state index in [0.29, 0.717) is 0 Å². The highest BCUT2D eigenvalue weighted by Crippen LogP contribution is 2.40. The van der Waals surface area contributed by atoms with E-state index in [1.54, 1.807) is 0 Å². The molecular formula is C26H26N3Si+. The summed E-state index contributed by atoms with van der Waals surface area (Å²) in [7, 11) is 0.684. The van der Waals surface area contributed by atoms with Gasteiger partial charge in [0.1, 0.15) is 12.7 Å². The first-order valence-electron chi connectivity index (χ1n) is 10.6. The summed E-state index contributed by atoms with van der Waals surface area (Å²) in [6.07, 6.45) is 4.16. The molecule has 4 heteroatoms. The maximum Gasteiger partial charge on any atom is 0.224 e. The molecule has 0 spiro atoms. The Hall–Kier alpha value is -2.98. The van der Waals surface area contributed by atoms with Crippen molar-refractivity contribution in [1.29, 1.82) is 0 Å². The number of nitrogens with zero attached hydrogens (tertiary/aromatic N) is 3.